The van der Waals surface area contributed by atoms with E-state index in [1.54, 1.807) is 0 Å². The van der Waals surface area contributed by atoms with Gasteiger partial charge in [-0.15, -0.1) is 0 Å². The predicted molar refractivity (Wildman–Crippen MR) is 52.9 cm³/mol. The van der Waals surface area contributed by atoms with Crippen molar-refractivity contribution in [2.75, 3.05) is 6.54 Å². The minimum Gasteiger partial charge on any atom is -0.225 e. The van der Waals surface area contributed by atoms with E-state index in [4.69, 9.17) is 28.7 Å². The average molecular weight is 228 g/mol. The number of azide groups is 1. The quantitative estimate of drug-likeness (QED) is 0.185. The van der Waals surface area contributed by atoms with Crippen LogP contribution in [0.2, 0.25) is 10.4 Å². The van der Waals surface area contributed by atoms with E-state index < -0.39 is 0 Å². The third-order valence-corrected chi connectivity index (χ3v) is 1.62. The summed E-state index contributed by atoms with van der Waals surface area (Å²) in [6.45, 7) is 0.0788. The Kier molecular flexibility index (Phi) is 4.02. The SMILES string of the molecule is [N-]=[N+]=NCC#Cc1cnc(Cl)nc1Cl. The molecular formula is C7H3Cl2N5. The lowest BCUT2D eigenvalue weighted by molar-refractivity contribution is 1.16. The molecule has 1 aromatic rings. The maximum atomic E-state index is 7.98. The van der Waals surface area contributed by atoms with Crippen molar-refractivity contribution >= 4 is 23.2 Å². The zero-order chi connectivity index (χ0) is 10.4. The van der Waals surface area contributed by atoms with Gasteiger partial charge in [-0.1, -0.05) is 28.6 Å². The maximum Gasteiger partial charge on any atom is 0.223 e. The van der Waals surface area contributed by atoms with Crippen molar-refractivity contribution in [3.05, 3.63) is 32.6 Å². The number of nitrogens with zero attached hydrogens (tertiary/aromatic N) is 5. The first-order valence-corrected chi connectivity index (χ1v) is 4.17. The summed E-state index contributed by atoms with van der Waals surface area (Å²) < 4.78 is 0. The van der Waals surface area contributed by atoms with Crippen molar-refractivity contribution in [3.63, 3.8) is 0 Å². The van der Waals surface area contributed by atoms with E-state index >= 15 is 0 Å². The highest BCUT2D eigenvalue weighted by Crippen LogP contribution is 2.12. The van der Waals surface area contributed by atoms with Gasteiger partial charge >= 0.3 is 0 Å². The Morgan fingerprint density at radius 1 is 1.57 bits per heavy atom. The molecule has 70 valence electrons. The largest absolute Gasteiger partial charge is 0.225 e. The van der Waals surface area contributed by atoms with E-state index in [-0.39, 0.29) is 17.0 Å². The van der Waals surface area contributed by atoms with Crippen LogP contribution in [-0.4, -0.2) is 16.5 Å². The van der Waals surface area contributed by atoms with Gasteiger partial charge in [0.25, 0.3) is 0 Å². The lowest BCUT2D eigenvalue weighted by Crippen LogP contribution is -1.87. The molecule has 7 heteroatoms. The molecule has 0 radical (unpaired) electrons. The van der Waals surface area contributed by atoms with Gasteiger partial charge in [0.05, 0.1) is 12.1 Å². The van der Waals surface area contributed by atoms with Crippen LogP contribution in [0.1, 0.15) is 5.56 Å². The fraction of sp³-hybridized carbons (Fsp3) is 0.143. The zero-order valence-corrected chi connectivity index (χ0v) is 8.29. The molecule has 0 N–H and O–H groups in total. The predicted octanol–water partition coefficient (Wildman–Crippen LogP) is 2.45. The Bertz CT molecular complexity index is 441. The van der Waals surface area contributed by atoms with Gasteiger partial charge in [0.1, 0.15) is 5.15 Å². The molecule has 0 atom stereocenters. The Labute approximate surface area is 89.7 Å². The van der Waals surface area contributed by atoms with Gasteiger partial charge in [-0.3, -0.25) is 0 Å². The van der Waals surface area contributed by atoms with Crippen LogP contribution in [-0.2, 0) is 0 Å². The monoisotopic (exact) mass is 227 g/mol. The molecule has 0 aliphatic carbocycles. The van der Waals surface area contributed by atoms with Gasteiger partial charge in [0.15, 0.2) is 0 Å². The molecule has 0 amide bonds. The van der Waals surface area contributed by atoms with Crippen molar-refractivity contribution < 1.29 is 0 Å². The van der Waals surface area contributed by atoms with Crippen LogP contribution in [0.25, 0.3) is 10.4 Å². The molecule has 5 nitrogen and oxygen atoms in total. The molecule has 0 aromatic carbocycles. The summed E-state index contributed by atoms with van der Waals surface area (Å²) in [5.41, 5.74) is 8.43. The summed E-state index contributed by atoms with van der Waals surface area (Å²) in [6, 6.07) is 0. The molecular weight excluding hydrogens is 225 g/mol. The third-order valence-electron chi connectivity index (χ3n) is 1.15. The van der Waals surface area contributed by atoms with Crippen molar-refractivity contribution in [3.8, 4) is 11.8 Å². The Balaban J connectivity index is 2.84. The van der Waals surface area contributed by atoms with E-state index in [1.165, 1.54) is 6.20 Å². The van der Waals surface area contributed by atoms with Crippen LogP contribution in [0.4, 0.5) is 0 Å². The van der Waals surface area contributed by atoms with E-state index in [1.807, 2.05) is 0 Å². The minimum atomic E-state index is 0.0654. The number of halogens is 2. The lowest BCUT2D eigenvalue weighted by atomic mass is 10.3. The smallest absolute Gasteiger partial charge is 0.223 e. The second-order valence-electron chi connectivity index (χ2n) is 2.03. The van der Waals surface area contributed by atoms with E-state index in [9.17, 15) is 0 Å². The standard InChI is InChI=1S/C7H3Cl2N5/c8-6-5(2-1-3-12-14-10)4-11-7(9)13-6/h4H,3H2. The van der Waals surface area contributed by atoms with Gasteiger partial charge in [0.2, 0.25) is 5.28 Å². The fourth-order valence-corrected chi connectivity index (χ4v) is 0.979. The van der Waals surface area contributed by atoms with E-state index in [0.717, 1.165) is 0 Å². The molecule has 0 saturated heterocycles. The van der Waals surface area contributed by atoms with Crippen LogP contribution in [0.15, 0.2) is 11.3 Å². The van der Waals surface area contributed by atoms with Crippen molar-refractivity contribution in [2.45, 2.75) is 0 Å². The summed E-state index contributed by atoms with van der Waals surface area (Å²) in [7, 11) is 0. The topological polar surface area (TPSA) is 74.5 Å². The summed E-state index contributed by atoms with van der Waals surface area (Å²) in [5.74, 6) is 5.23. The lowest BCUT2D eigenvalue weighted by Gasteiger charge is -1.93. The molecule has 0 unspecified atom stereocenters. The van der Waals surface area contributed by atoms with E-state index in [2.05, 4.69) is 31.8 Å². The molecule has 0 aliphatic heterocycles. The van der Waals surface area contributed by atoms with Crippen LogP contribution in [0, 0.1) is 11.8 Å². The molecule has 0 saturated carbocycles. The van der Waals surface area contributed by atoms with Gasteiger partial charge in [-0.2, -0.15) is 0 Å². The number of aromatic nitrogens is 2. The first kappa shape index (κ1) is 10.6. The Morgan fingerprint density at radius 2 is 2.36 bits per heavy atom. The molecule has 1 aromatic heterocycles. The van der Waals surface area contributed by atoms with Gasteiger partial charge in [-0.25, -0.2) is 9.97 Å². The van der Waals surface area contributed by atoms with Crippen LogP contribution in [0.3, 0.4) is 0 Å². The Hall–Kier alpha value is -1.47. The zero-order valence-electron chi connectivity index (χ0n) is 6.78. The number of hydrogen-bond acceptors (Lipinski definition) is 3. The van der Waals surface area contributed by atoms with Crippen molar-refractivity contribution in [2.24, 2.45) is 5.11 Å². The van der Waals surface area contributed by atoms with E-state index in [0.29, 0.717) is 5.56 Å². The third kappa shape index (κ3) is 3.11. The van der Waals surface area contributed by atoms with Crippen molar-refractivity contribution in [1.29, 1.82) is 0 Å². The van der Waals surface area contributed by atoms with Gasteiger partial charge < -0.3 is 0 Å². The molecule has 1 rings (SSSR count). The summed E-state index contributed by atoms with van der Waals surface area (Å²) >= 11 is 11.2. The first-order chi connectivity index (χ1) is 6.74. The van der Waals surface area contributed by atoms with Gasteiger partial charge in [-0.05, 0) is 17.1 Å². The molecule has 14 heavy (non-hydrogen) atoms. The highest BCUT2D eigenvalue weighted by atomic mass is 35.5. The summed E-state index contributed by atoms with van der Waals surface area (Å²) in [4.78, 5) is 9.93. The van der Waals surface area contributed by atoms with Crippen LogP contribution < -0.4 is 0 Å². The fourth-order valence-electron chi connectivity index (χ4n) is 0.627. The summed E-state index contributed by atoms with van der Waals surface area (Å²) in [6.07, 6.45) is 1.40. The van der Waals surface area contributed by atoms with Crippen molar-refractivity contribution in [1.82, 2.24) is 9.97 Å². The first-order valence-electron chi connectivity index (χ1n) is 3.42. The number of rotatable bonds is 1. The minimum absolute atomic E-state index is 0.0654. The normalized spacial score (nSPS) is 8.43. The summed E-state index contributed by atoms with van der Waals surface area (Å²) in [5, 5.41) is 3.48. The average Bonchev–Trinajstić information content (AvgIpc) is 2.15. The molecule has 0 fully saturated rings. The second-order valence-corrected chi connectivity index (χ2v) is 2.73. The molecule has 1 heterocycles. The van der Waals surface area contributed by atoms with Gasteiger partial charge in [0, 0.05) is 11.1 Å². The number of hydrogen-bond donors (Lipinski definition) is 0. The maximum absolute atomic E-state index is 7.98. The highest BCUT2D eigenvalue weighted by molar-refractivity contribution is 6.32. The van der Waals surface area contributed by atoms with Crippen LogP contribution >= 0.6 is 23.2 Å². The Morgan fingerprint density at radius 3 is 3.00 bits per heavy atom. The molecule has 0 spiro atoms. The second kappa shape index (κ2) is 5.30. The highest BCUT2D eigenvalue weighted by Gasteiger charge is 1.99. The molecule has 0 bridgehead atoms. The molecule has 0 aliphatic rings. The van der Waals surface area contributed by atoms with Crippen LogP contribution in [0.5, 0.6) is 0 Å².